The van der Waals surface area contributed by atoms with Gasteiger partial charge in [0.15, 0.2) is 6.67 Å². The van der Waals surface area contributed by atoms with Gasteiger partial charge in [-0.05, 0) is 5.92 Å². The van der Waals surface area contributed by atoms with Gasteiger partial charge in [0.25, 0.3) is 0 Å². The Bertz CT molecular complexity index is 59.5. The number of hydrogen-bond acceptors (Lipinski definition) is 1. The van der Waals surface area contributed by atoms with Gasteiger partial charge in [0.05, 0.1) is 0 Å². The second-order valence-corrected chi connectivity index (χ2v) is 2.27. The summed E-state index contributed by atoms with van der Waals surface area (Å²) in [6, 6.07) is 0. The largest absolute Gasteiger partial charge is 0.262 e. The molecule has 2 nitrogen and oxygen atoms in total. The van der Waals surface area contributed by atoms with Gasteiger partial charge in [0, 0.05) is 6.54 Å². The van der Waals surface area contributed by atoms with E-state index in [0.717, 1.165) is 19.1 Å². The first-order chi connectivity index (χ1) is 3.77. The van der Waals surface area contributed by atoms with E-state index < -0.39 is 0 Å². The molecule has 0 radical (unpaired) electrons. The van der Waals surface area contributed by atoms with Gasteiger partial charge in [0.1, 0.15) is 6.72 Å². The molecule has 0 rings (SSSR count). The molecular weight excluding hydrogens is 100 g/mol. The van der Waals surface area contributed by atoms with Crippen LogP contribution < -0.4 is 10.3 Å². The molecule has 2 N–H and O–H groups in total. The lowest BCUT2D eigenvalue weighted by Crippen LogP contribution is -2.70. The van der Waals surface area contributed by atoms with Crippen LogP contribution in [-0.2, 0) is 0 Å². The molecule has 0 fully saturated rings. The molecule has 0 aromatic carbocycles. The Balaban J connectivity index is 2.81. The molecule has 2 heteroatoms. The van der Waals surface area contributed by atoms with Gasteiger partial charge in [0.2, 0.25) is 0 Å². The zero-order valence-electron chi connectivity index (χ0n) is 5.70. The molecule has 0 bridgehead atoms. The minimum Gasteiger partial charge on any atom is -0.262 e. The molecule has 0 aromatic rings. The van der Waals surface area contributed by atoms with Crippen molar-refractivity contribution in [1.29, 1.82) is 0 Å². The van der Waals surface area contributed by atoms with Gasteiger partial charge in [-0.25, -0.2) is 4.99 Å². The first-order valence-electron chi connectivity index (χ1n) is 2.98. The fourth-order valence-corrected chi connectivity index (χ4v) is 0.449. The maximum Gasteiger partial charge on any atom is 0.194 e. The molecule has 0 unspecified atom stereocenters. The Labute approximate surface area is 51.0 Å². The van der Waals surface area contributed by atoms with Gasteiger partial charge >= 0.3 is 0 Å². The van der Waals surface area contributed by atoms with Crippen molar-refractivity contribution in [3.8, 4) is 0 Å². The van der Waals surface area contributed by atoms with Crippen molar-refractivity contribution in [3.63, 3.8) is 0 Å². The van der Waals surface area contributed by atoms with Crippen molar-refractivity contribution in [1.82, 2.24) is 5.32 Å². The SMILES string of the molecule is C=[NH+]CNCC(C)C. The molecular formula is C6H15N2+. The van der Waals surface area contributed by atoms with Gasteiger partial charge in [-0.1, -0.05) is 13.8 Å². The van der Waals surface area contributed by atoms with Crippen LogP contribution in [0.5, 0.6) is 0 Å². The molecule has 0 aliphatic carbocycles. The van der Waals surface area contributed by atoms with Crippen LogP contribution in [0.2, 0.25) is 0 Å². The normalized spacial score (nSPS) is 9.88. The number of hydrogen-bond donors (Lipinski definition) is 2. The van der Waals surface area contributed by atoms with Crippen molar-refractivity contribution in [2.75, 3.05) is 13.2 Å². The summed E-state index contributed by atoms with van der Waals surface area (Å²) in [6.45, 7) is 9.69. The highest BCUT2D eigenvalue weighted by Crippen LogP contribution is 1.84. The van der Waals surface area contributed by atoms with Gasteiger partial charge in [-0.2, -0.15) is 0 Å². The van der Waals surface area contributed by atoms with E-state index in [1.807, 2.05) is 0 Å². The first-order valence-corrected chi connectivity index (χ1v) is 2.98. The summed E-state index contributed by atoms with van der Waals surface area (Å²) in [4.78, 5) is 2.76. The van der Waals surface area contributed by atoms with Crippen LogP contribution in [0.25, 0.3) is 0 Å². The predicted molar refractivity (Wildman–Crippen MR) is 35.8 cm³/mol. The molecule has 0 saturated carbocycles. The van der Waals surface area contributed by atoms with Crippen LogP contribution >= 0.6 is 0 Å². The lowest BCUT2D eigenvalue weighted by molar-refractivity contribution is -0.453. The highest BCUT2D eigenvalue weighted by molar-refractivity contribution is 5.12. The molecule has 0 aromatic heterocycles. The minimum atomic E-state index is 0.725. The Kier molecular flexibility index (Phi) is 4.56. The van der Waals surface area contributed by atoms with E-state index in [4.69, 9.17) is 0 Å². The van der Waals surface area contributed by atoms with Crippen molar-refractivity contribution >= 4 is 6.72 Å². The monoisotopic (exact) mass is 115 g/mol. The molecule has 0 amide bonds. The molecule has 0 saturated heterocycles. The lowest BCUT2D eigenvalue weighted by atomic mass is 10.2. The fourth-order valence-electron chi connectivity index (χ4n) is 0.449. The molecule has 0 aliphatic heterocycles. The number of nitrogens with one attached hydrogen (secondary N) is 2. The average molecular weight is 115 g/mol. The molecule has 0 heterocycles. The standard InChI is InChI=1S/C6H14N2/c1-6(2)4-8-5-7-3/h6,8H,3-5H2,1-2H3/p+1. The van der Waals surface area contributed by atoms with E-state index in [0.29, 0.717) is 0 Å². The average Bonchev–Trinajstić information content (AvgIpc) is 1.66. The van der Waals surface area contributed by atoms with Crippen LogP contribution in [0.15, 0.2) is 0 Å². The smallest absolute Gasteiger partial charge is 0.194 e. The van der Waals surface area contributed by atoms with E-state index in [1.54, 1.807) is 0 Å². The van der Waals surface area contributed by atoms with Crippen molar-refractivity contribution in [2.45, 2.75) is 13.8 Å². The van der Waals surface area contributed by atoms with Crippen LogP contribution in [0.4, 0.5) is 0 Å². The summed E-state index contributed by atoms with van der Waals surface area (Å²) >= 11 is 0. The van der Waals surface area contributed by atoms with E-state index in [1.165, 1.54) is 0 Å². The summed E-state index contributed by atoms with van der Waals surface area (Å²) in [6.07, 6.45) is 0. The zero-order valence-corrected chi connectivity index (χ0v) is 5.70. The summed E-state index contributed by atoms with van der Waals surface area (Å²) in [7, 11) is 0. The zero-order chi connectivity index (χ0) is 6.41. The van der Waals surface area contributed by atoms with E-state index in [-0.39, 0.29) is 0 Å². The Morgan fingerprint density at radius 3 is 2.62 bits per heavy atom. The molecule has 8 heavy (non-hydrogen) atoms. The molecule has 48 valence electrons. The van der Waals surface area contributed by atoms with E-state index in [2.05, 4.69) is 30.9 Å². The Morgan fingerprint density at radius 2 is 2.25 bits per heavy atom. The van der Waals surface area contributed by atoms with Crippen LogP contribution in [0.1, 0.15) is 13.8 Å². The summed E-state index contributed by atoms with van der Waals surface area (Å²) < 4.78 is 0. The quantitative estimate of drug-likeness (QED) is 0.273. The minimum absolute atomic E-state index is 0.725. The maximum absolute atomic E-state index is 3.47. The fraction of sp³-hybridized carbons (Fsp3) is 0.833. The lowest BCUT2D eigenvalue weighted by Gasteiger charge is -2.00. The van der Waals surface area contributed by atoms with Crippen LogP contribution in [0.3, 0.4) is 0 Å². The third-order valence-corrected chi connectivity index (χ3v) is 0.803. The summed E-state index contributed by atoms with van der Waals surface area (Å²) in [5, 5.41) is 3.16. The van der Waals surface area contributed by atoms with E-state index >= 15 is 0 Å². The molecule has 0 atom stereocenters. The van der Waals surface area contributed by atoms with Crippen molar-refractivity contribution in [2.24, 2.45) is 5.92 Å². The highest BCUT2D eigenvalue weighted by Gasteiger charge is 1.89. The third kappa shape index (κ3) is 5.63. The Morgan fingerprint density at radius 1 is 1.62 bits per heavy atom. The summed E-state index contributed by atoms with van der Waals surface area (Å²) in [5.41, 5.74) is 0. The topological polar surface area (TPSA) is 26.0 Å². The molecule has 0 aliphatic rings. The van der Waals surface area contributed by atoms with Crippen LogP contribution in [0, 0.1) is 5.92 Å². The molecule has 0 spiro atoms. The van der Waals surface area contributed by atoms with Gasteiger partial charge in [-0.3, -0.25) is 5.32 Å². The first kappa shape index (κ1) is 7.63. The second-order valence-electron chi connectivity index (χ2n) is 2.27. The highest BCUT2D eigenvalue weighted by atomic mass is 15.0. The summed E-state index contributed by atoms with van der Waals surface area (Å²) in [5.74, 6) is 0.725. The Hall–Kier alpha value is -0.370. The predicted octanol–water partition coefficient (Wildman–Crippen LogP) is -1.03. The third-order valence-electron chi connectivity index (χ3n) is 0.803. The van der Waals surface area contributed by atoms with Crippen molar-refractivity contribution in [3.05, 3.63) is 0 Å². The maximum atomic E-state index is 3.47. The second kappa shape index (κ2) is 4.78. The van der Waals surface area contributed by atoms with Crippen molar-refractivity contribution < 1.29 is 4.99 Å². The van der Waals surface area contributed by atoms with E-state index in [9.17, 15) is 0 Å². The van der Waals surface area contributed by atoms with Gasteiger partial charge < -0.3 is 0 Å². The number of rotatable bonds is 4. The van der Waals surface area contributed by atoms with Gasteiger partial charge in [-0.15, -0.1) is 0 Å². The van der Waals surface area contributed by atoms with Crippen LogP contribution in [-0.4, -0.2) is 19.9 Å².